The Hall–Kier alpha value is -0.780. The molecule has 1 aromatic rings. The molecule has 1 fully saturated rings. The number of piperidine rings is 1. The summed E-state index contributed by atoms with van der Waals surface area (Å²) in [6.45, 7) is 3.83. The molecule has 0 amide bonds. The Morgan fingerprint density at radius 3 is 2.37 bits per heavy atom. The molecule has 1 atom stereocenters. The van der Waals surface area contributed by atoms with Crippen molar-refractivity contribution in [2.24, 2.45) is 5.92 Å². The predicted octanol–water partition coefficient (Wildman–Crippen LogP) is 4.10. The molecule has 6 heteroatoms. The van der Waals surface area contributed by atoms with Gasteiger partial charge in [-0.15, -0.1) is 0 Å². The minimum Gasteiger partial charge on any atom is -0.357 e. The van der Waals surface area contributed by atoms with Gasteiger partial charge in [0.05, 0.1) is 5.56 Å². The standard InChI is InChI=1S/C13H16BrF3N2/c1-9(14)10-4-6-19(7-5-10)12-3-2-11(8-18-12)13(15,16)17/h2-3,8-10H,4-7H2,1H3. The molecule has 19 heavy (non-hydrogen) atoms. The molecule has 1 aliphatic heterocycles. The quantitative estimate of drug-likeness (QED) is 0.756. The number of anilines is 1. The van der Waals surface area contributed by atoms with Crippen LogP contribution in [0.5, 0.6) is 0 Å². The fourth-order valence-electron chi connectivity index (χ4n) is 2.33. The van der Waals surface area contributed by atoms with Gasteiger partial charge in [-0.3, -0.25) is 0 Å². The highest BCUT2D eigenvalue weighted by molar-refractivity contribution is 9.09. The van der Waals surface area contributed by atoms with E-state index < -0.39 is 11.7 Å². The Balaban J connectivity index is 2.00. The van der Waals surface area contributed by atoms with Gasteiger partial charge in [0, 0.05) is 24.1 Å². The summed E-state index contributed by atoms with van der Waals surface area (Å²) >= 11 is 3.58. The second kappa shape index (κ2) is 5.69. The first-order valence-electron chi connectivity index (χ1n) is 6.30. The molecule has 1 aromatic heterocycles. The van der Waals surface area contributed by atoms with Crippen LogP contribution in [0.1, 0.15) is 25.3 Å². The van der Waals surface area contributed by atoms with Gasteiger partial charge in [-0.1, -0.05) is 22.9 Å². The van der Waals surface area contributed by atoms with Crippen LogP contribution in [0, 0.1) is 5.92 Å². The summed E-state index contributed by atoms with van der Waals surface area (Å²) in [5.74, 6) is 1.26. The van der Waals surface area contributed by atoms with E-state index in [1.165, 1.54) is 6.07 Å². The lowest BCUT2D eigenvalue weighted by molar-refractivity contribution is -0.137. The average Bonchev–Trinajstić information content (AvgIpc) is 2.38. The number of pyridine rings is 1. The zero-order valence-corrected chi connectivity index (χ0v) is 12.2. The maximum Gasteiger partial charge on any atom is 0.417 e. The minimum absolute atomic E-state index is 0.482. The lowest BCUT2D eigenvalue weighted by Gasteiger charge is -2.34. The lowest BCUT2D eigenvalue weighted by atomic mass is 9.94. The van der Waals surface area contributed by atoms with Gasteiger partial charge in [0.1, 0.15) is 5.82 Å². The Bertz CT molecular complexity index is 409. The summed E-state index contributed by atoms with van der Waals surface area (Å²) < 4.78 is 37.3. The van der Waals surface area contributed by atoms with E-state index in [4.69, 9.17) is 0 Å². The molecule has 0 aromatic carbocycles. The molecule has 0 spiro atoms. The van der Waals surface area contributed by atoms with E-state index in [-0.39, 0.29) is 0 Å². The van der Waals surface area contributed by atoms with Crippen LogP contribution in [0.15, 0.2) is 18.3 Å². The first-order valence-corrected chi connectivity index (χ1v) is 7.22. The first-order chi connectivity index (χ1) is 8.88. The Labute approximate surface area is 119 Å². The fraction of sp³-hybridized carbons (Fsp3) is 0.615. The zero-order valence-electron chi connectivity index (χ0n) is 10.6. The summed E-state index contributed by atoms with van der Waals surface area (Å²) in [4.78, 5) is 6.46. The van der Waals surface area contributed by atoms with Crippen LogP contribution >= 0.6 is 15.9 Å². The van der Waals surface area contributed by atoms with Crippen LogP contribution in [0.25, 0.3) is 0 Å². The van der Waals surface area contributed by atoms with Crippen LogP contribution < -0.4 is 4.90 Å². The Morgan fingerprint density at radius 1 is 1.32 bits per heavy atom. The van der Waals surface area contributed by atoms with Gasteiger partial charge in [-0.05, 0) is 30.9 Å². The number of aromatic nitrogens is 1. The topological polar surface area (TPSA) is 16.1 Å². The second-order valence-electron chi connectivity index (χ2n) is 4.90. The van der Waals surface area contributed by atoms with Crippen molar-refractivity contribution in [2.45, 2.75) is 30.8 Å². The van der Waals surface area contributed by atoms with Crippen molar-refractivity contribution in [1.29, 1.82) is 0 Å². The van der Waals surface area contributed by atoms with Crippen LogP contribution in [0.3, 0.4) is 0 Å². The average molecular weight is 337 g/mol. The molecule has 106 valence electrons. The molecule has 0 saturated carbocycles. The zero-order chi connectivity index (χ0) is 14.0. The number of hydrogen-bond donors (Lipinski definition) is 0. The monoisotopic (exact) mass is 336 g/mol. The molecule has 0 radical (unpaired) electrons. The number of rotatable bonds is 2. The van der Waals surface area contributed by atoms with Crippen molar-refractivity contribution in [3.05, 3.63) is 23.9 Å². The van der Waals surface area contributed by atoms with Crippen molar-refractivity contribution >= 4 is 21.7 Å². The van der Waals surface area contributed by atoms with Gasteiger partial charge >= 0.3 is 6.18 Å². The van der Waals surface area contributed by atoms with Crippen molar-refractivity contribution in [1.82, 2.24) is 4.98 Å². The van der Waals surface area contributed by atoms with E-state index in [1.807, 2.05) is 4.90 Å². The third kappa shape index (κ3) is 3.61. The predicted molar refractivity (Wildman–Crippen MR) is 72.6 cm³/mol. The number of nitrogens with zero attached hydrogens (tertiary/aromatic N) is 2. The lowest BCUT2D eigenvalue weighted by Crippen LogP contribution is -2.36. The maximum absolute atomic E-state index is 12.4. The van der Waals surface area contributed by atoms with Crippen molar-refractivity contribution in [3.8, 4) is 0 Å². The molecule has 0 bridgehead atoms. The normalized spacial score (nSPS) is 19.5. The third-order valence-corrected chi connectivity index (χ3v) is 4.34. The minimum atomic E-state index is -4.32. The highest BCUT2D eigenvalue weighted by Gasteiger charge is 2.31. The van der Waals surface area contributed by atoms with Gasteiger partial charge in [0.15, 0.2) is 0 Å². The molecule has 1 unspecified atom stereocenters. The molecule has 0 N–H and O–H groups in total. The van der Waals surface area contributed by atoms with E-state index in [1.54, 1.807) is 0 Å². The molecule has 0 aliphatic carbocycles. The summed E-state index contributed by atoms with van der Waals surface area (Å²) in [6, 6.07) is 2.56. The van der Waals surface area contributed by atoms with Crippen LogP contribution in [-0.4, -0.2) is 22.9 Å². The van der Waals surface area contributed by atoms with Gasteiger partial charge < -0.3 is 4.90 Å². The molecule has 1 saturated heterocycles. The number of alkyl halides is 4. The van der Waals surface area contributed by atoms with Crippen molar-refractivity contribution in [3.63, 3.8) is 0 Å². The molecule has 2 heterocycles. The smallest absolute Gasteiger partial charge is 0.357 e. The number of halogens is 4. The van der Waals surface area contributed by atoms with E-state index in [0.717, 1.165) is 38.2 Å². The third-order valence-electron chi connectivity index (χ3n) is 3.59. The van der Waals surface area contributed by atoms with Crippen LogP contribution in [0.4, 0.5) is 19.0 Å². The highest BCUT2D eigenvalue weighted by Crippen LogP contribution is 2.31. The van der Waals surface area contributed by atoms with Gasteiger partial charge in [-0.2, -0.15) is 13.2 Å². The van der Waals surface area contributed by atoms with Gasteiger partial charge in [0.2, 0.25) is 0 Å². The summed E-state index contributed by atoms with van der Waals surface area (Å²) in [5, 5.41) is 0. The Kier molecular flexibility index (Phi) is 4.38. The number of hydrogen-bond acceptors (Lipinski definition) is 2. The Morgan fingerprint density at radius 2 is 1.95 bits per heavy atom. The first kappa shape index (κ1) is 14.6. The summed E-state index contributed by atoms with van der Waals surface area (Å²) in [6.07, 6.45) is -1.33. The van der Waals surface area contributed by atoms with E-state index in [2.05, 4.69) is 27.8 Å². The van der Waals surface area contributed by atoms with E-state index in [9.17, 15) is 13.2 Å². The fourth-order valence-corrected chi connectivity index (χ4v) is 2.86. The molecular formula is C13H16BrF3N2. The van der Waals surface area contributed by atoms with Gasteiger partial charge in [0.25, 0.3) is 0 Å². The van der Waals surface area contributed by atoms with Crippen molar-refractivity contribution < 1.29 is 13.2 Å². The van der Waals surface area contributed by atoms with E-state index >= 15 is 0 Å². The molecule has 1 aliphatic rings. The van der Waals surface area contributed by atoms with E-state index in [0.29, 0.717) is 16.6 Å². The second-order valence-corrected chi connectivity index (χ2v) is 6.35. The van der Waals surface area contributed by atoms with Gasteiger partial charge in [-0.25, -0.2) is 4.98 Å². The van der Waals surface area contributed by atoms with Crippen LogP contribution in [-0.2, 0) is 6.18 Å². The summed E-state index contributed by atoms with van der Waals surface area (Å²) in [5.41, 5.74) is -0.694. The largest absolute Gasteiger partial charge is 0.417 e. The SMILES string of the molecule is CC(Br)C1CCN(c2ccc(C(F)(F)F)cn2)CC1. The summed E-state index contributed by atoms with van der Waals surface area (Å²) in [7, 11) is 0. The van der Waals surface area contributed by atoms with Crippen molar-refractivity contribution in [2.75, 3.05) is 18.0 Å². The molecular weight excluding hydrogens is 321 g/mol. The highest BCUT2D eigenvalue weighted by atomic mass is 79.9. The molecule has 2 rings (SSSR count). The molecule has 2 nitrogen and oxygen atoms in total. The van der Waals surface area contributed by atoms with Crippen LogP contribution in [0.2, 0.25) is 0 Å². The maximum atomic E-state index is 12.4.